The van der Waals surface area contributed by atoms with Gasteiger partial charge in [0.05, 0.1) is 5.56 Å². The van der Waals surface area contributed by atoms with E-state index < -0.39 is 35.8 Å². The Hall–Kier alpha value is -2.29. The van der Waals surface area contributed by atoms with Crippen LogP contribution < -0.4 is 5.46 Å². The van der Waals surface area contributed by atoms with E-state index in [-0.39, 0.29) is 29.2 Å². The standard InChI is InChI=1S/C12H10BF2NO5/c1-16-4-10(18)20-13(16,21-11(19)5-16)8-2-3-9(14)7(6-17)12(8)15/h2-3,6H,4-5H2,1H3. The lowest BCUT2D eigenvalue weighted by molar-refractivity contribution is -0.791. The van der Waals surface area contributed by atoms with E-state index in [0.29, 0.717) is 0 Å². The van der Waals surface area contributed by atoms with Crippen molar-refractivity contribution in [2.45, 2.75) is 0 Å². The quantitative estimate of drug-likeness (QED) is 0.543. The Morgan fingerprint density at radius 2 is 1.76 bits per heavy atom. The fourth-order valence-corrected chi connectivity index (χ4v) is 3.03. The molecule has 0 spiro atoms. The Labute approximate surface area is 117 Å². The van der Waals surface area contributed by atoms with Gasteiger partial charge < -0.3 is 13.7 Å². The van der Waals surface area contributed by atoms with Crippen LogP contribution in [0.4, 0.5) is 8.78 Å². The van der Waals surface area contributed by atoms with Crippen LogP contribution in [0.15, 0.2) is 12.1 Å². The van der Waals surface area contributed by atoms with E-state index in [4.69, 9.17) is 9.31 Å². The smallest absolute Gasteiger partial charge is 0.596 e. The first-order valence-corrected chi connectivity index (χ1v) is 6.18. The van der Waals surface area contributed by atoms with Crippen molar-refractivity contribution in [3.8, 4) is 0 Å². The SMILES string of the molecule is C[N+]12CC(=O)O[B-]1(c1ccc(F)c(C=O)c1F)OC(=O)C2. The maximum Gasteiger partial charge on any atom is 0.617 e. The molecule has 0 N–H and O–H groups in total. The molecular formula is C12H10BF2NO5. The molecule has 2 saturated heterocycles. The monoisotopic (exact) mass is 297 g/mol. The van der Waals surface area contributed by atoms with Crippen molar-refractivity contribution in [3.05, 3.63) is 29.3 Å². The maximum absolute atomic E-state index is 14.4. The van der Waals surface area contributed by atoms with Crippen LogP contribution in [-0.4, -0.2) is 49.4 Å². The summed E-state index contributed by atoms with van der Waals surface area (Å²) in [5, 5.41) is 0. The highest BCUT2D eigenvalue weighted by Crippen LogP contribution is 2.34. The molecule has 1 aromatic rings. The molecule has 0 amide bonds. The van der Waals surface area contributed by atoms with Gasteiger partial charge in [0.15, 0.2) is 6.29 Å². The summed E-state index contributed by atoms with van der Waals surface area (Å²) in [7, 11) is 1.51. The zero-order valence-electron chi connectivity index (χ0n) is 11.0. The van der Waals surface area contributed by atoms with Gasteiger partial charge in [0, 0.05) is 7.05 Å². The van der Waals surface area contributed by atoms with E-state index >= 15 is 0 Å². The number of rotatable bonds is 2. The summed E-state index contributed by atoms with van der Waals surface area (Å²) >= 11 is 0. The third kappa shape index (κ3) is 1.64. The van der Waals surface area contributed by atoms with Crippen LogP contribution in [0.3, 0.4) is 0 Å². The number of carbonyl (C=O) groups is 3. The number of fused-ring (bicyclic) bond motifs is 1. The number of hydrogen-bond acceptors (Lipinski definition) is 5. The third-order valence-electron chi connectivity index (χ3n) is 4.05. The molecule has 0 aromatic heterocycles. The van der Waals surface area contributed by atoms with Crippen LogP contribution in [0.1, 0.15) is 10.4 Å². The van der Waals surface area contributed by atoms with Crippen molar-refractivity contribution in [2.75, 3.05) is 20.1 Å². The number of aldehydes is 1. The second-order valence-electron chi connectivity index (χ2n) is 5.43. The fourth-order valence-electron chi connectivity index (χ4n) is 3.03. The molecule has 0 atom stereocenters. The van der Waals surface area contributed by atoms with E-state index in [0.717, 1.165) is 12.1 Å². The first kappa shape index (κ1) is 13.7. The van der Waals surface area contributed by atoms with Crippen molar-refractivity contribution < 1.29 is 36.9 Å². The molecule has 0 unspecified atom stereocenters. The first-order chi connectivity index (χ1) is 9.83. The number of quaternary nitrogens is 1. The summed E-state index contributed by atoms with van der Waals surface area (Å²) in [6, 6.07) is 1.91. The Balaban J connectivity index is 2.25. The number of hydrogen-bond donors (Lipinski definition) is 0. The molecule has 2 fully saturated rings. The van der Waals surface area contributed by atoms with Gasteiger partial charge in [-0.1, -0.05) is 6.07 Å². The molecule has 6 nitrogen and oxygen atoms in total. The molecule has 2 aliphatic heterocycles. The number of halogens is 2. The lowest BCUT2D eigenvalue weighted by Crippen LogP contribution is -2.68. The predicted molar refractivity (Wildman–Crippen MR) is 65.2 cm³/mol. The minimum atomic E-state index is -2.82. The minimum Gasteiger partial charge on any atom is -0.596 e. The van der Waals surface area contributed by atoms with Crippen molar-refractivity contribution in [1.82, 2.24) is 0 Å². The average Bonchev–Trinajstić information content (AvgIpc) is 2.73. The topological polar surface area (TPSA) is 69.7 Å². The summed E-state index contributed by atoms with van der Waals surface area (Å²) in [4.78, 5) is 34.0. The van der Waals surface area contributed by atoms with Crippen LogP contribution in [0, 0.1) is 11.6 Å². The average molecular weight is 297 g/mol. The number of benzene rings is 1. The fraction of sp³-hybridized carbons (Fsp3) is 0.250. The normalized spacial score (nSPS) is 30.8. The minimum absolute atomic E-state index is 0.0266. The number of carbonyl (C=O) groups excluding carboxylic acids is 3. The van der Waals surface area contributed by atoms with Crippen LogP contribution in [0.5, 0.6) is 0 Å². The zero-order valence-corrected chi connectivity index (χ0v) is 11.0. The molecule has 9 heteroatoms. The molecule has 110 valence electrons. The van der Waals surface area contributed by atoms with Gasteiger partial charge in [0.2, 0.25) is 0 Å². The molecule has 21 heavy (non-hydrogen) atoms. The van der Waals surface area contributed by atoms with Crippen LogP contribution in [-0.2, 0) is 18.9 Å². The second-order valence-corrected chi connectivity index (χ2v) is 5.43. The molecule has 1 aromatic carbocycles. The highest BCUT2D eigenvalue weighted by Gasteiger charge is 2.67. The van der Waals surface area contributed by atoms with Crippen LogP contribution in [0.2, 0.25) is 0 Å². The highest BCUT2D eigenvalue weighted by molar-refractivity contribution is 6.79. The van der Waals surface area contributed by atoms with Crippen molar-refractivity contribution in [1.29, 1.82) is 0 Å². The van der Waals surface area contributed by atoms with E-state index in [1.165, 1.54) is 7.05 Å². The van der Waals surface area contributed by atoms with Gasteiger partial charge in [0.1, 0.15) is 24.7 Å². The first-order valence-electron chi connectivity index (χ1n) is 6.18. The Morgan fingerprint density at radius 1 is 1.19 bits per heavy atom. The van der Waals surface area contributed by atoms with Crippen LogP contribution >= 0.6 is 0 Å². The van der Waals surface area contributed by atoms with Crippen molar-refractivity contribution in [2.24, 2.45) is 0 Å². The van der Waals surface area contributed by atoms with E-state index in [9.17, 15) is 23.2 Å². The zero-order chi connectivity index (χ0) is 15.4. The van der Waals surface area contributed by atoms with Gasteiger partial charge >= 0.3 is 18.6 Å². The van der Waals surface area contributed by atoms with Crippen molar-refractivity contribution in [3.63, 3.8) is 0 Å². The molecule has 0 saturated carbocycles. The van der Waals surface area contributed by atoms with Gasteiger partial charge in [-0.2, -0.15) is 0 Å². The largest absolute Gasteiger partial charge is 0.617 e. The molecule has 3 rings (SSSR count). The summed E-state index contributed by atoms with van der Waals surface area (Å²) < 4.78 is 37.8. The second kappa shape index (κ2) is 4.11. The van der Waals surface area contributed by atoms with E-state index in [1.54, 1.807) is 0 Å². The number of nitrogens with zero attached hydrogens (tertiary/aromatic N) is 1. The molecule has 0 bridgehead atoms. The molecular weight excluding hydrogens is 287 g/mol. The molecule has 0 radical (unpaired) electrons. The van der Waals surface area contributed by atoms with Crippen molar-refractivity contribution >= 4 is 30.4 Å². The maximum atomic E-state index is 14.4. The predicted octanol–water partition coefficient (Wildman–Crippen LogP) is -0.517. The summed E-state index contributed by atoms with van der Waals surface area (Å²) in [6.07, 6.45) is 0.0266. The van der Waals surface area contributed by atoms with Crippen LogP contribution in [0.25, 0.3) is 0 Å². The summed E-state index contributed by atoms with van der Waals surface area (Å²) in [5.41, 5.74) is -1.08. The van der Waals surface area contributed by atoms with Gasteiger partial charge in [-0.05, 0) is 11.5 Å². The molecule has 2 heterocycles. The van der Waals surface area contributed by atoms with E-state index in [2.05, 4.69) is 0 Å². The lowest BCUT2D eigenvalue weighted by Gasteiger charge is -2.40. The molecule has 0 aliphatic carbocycles. The number of likely N-dealkylation sites (N-methyl/N-ethyl adjacent to an activating group) is 1. The van der Waals surface area contributed by atoms with Gasteiger partial charge in [-0.15, -0.1) is 0 Å². The van der Waals surface area contributed by atoms with Gasteiger partial charge in [-0.3, -0.25) is 14.4 Å². The Bertz CT molecular complexity index is 672. The Morgan fingerprint density at radius 3 is 2.29 bits per heavy atom. The summed E-state index contributed by atoms with van der Waals surface area (Å²) in [6.45, 7) is -3.15. The molecule has 2 aliphatic rings. The lowest BCUT2D eigenvalue weighted by atomic mass is 9.60. The third-order valence-corrected chi connectivity index (χ3v) is 4.05. The van der Waals surface area contributed by atoms with E-state index in [1.807, 2.05) is 0 Å². The highest BCUT2D eigenvalue weighted by atomic mass is 19.1. The Kier molecular flexibility index (Phi) is 2.68. The van der Waals surface area contributed by atoms with Gasteiger partial charge in [0.25, 0.3) is 0 Å². The summed E-state index contributed by atoms with van der Waals surface area (Å²) in [5.74, 6) is -3.53. The van der Waals surface area contributed by atoms with Gasteiger partial charge in [-0.25, -0.2) is 8.78 Å².